The maximum Gasteiger partial charge on any atom is 0.133 e. The van der Waals surface area contributed by atoms with Crippen LogP contribution in [0, 0.1) is 34.5 Å². The molecule has 0 heterocycles. The molecule has 0 amide bonds. The molecule has 2 nitrogen and oxygen atoms in total. The molecule has 0 radical (unpaired) electrons. The summed E-state index contributed by atoms with van der Waals surface area (Å²) in [6, 6.07) is 0.383. The highest BCUT2D eigenvalue weighted by Crippen LogP contribution is 2.66. The van der Waals surface area contributed by atoms with Crippen LogP contribution in [0.3, 0.4) is 0 Å². The third-order valence-electron chi connectivity index (χ3n) is 8.63. The third kappa shape index (κ3) is 2.13. The summed E-state index contributed by atoms with van der Waals surface area (Å²) in [5.74, 6) is 3.17. The predicted molar refractivity (Wildman–Crippen MR) is 93.8 cm³/mol. The smallest absolute Gasteiger partial charge is 0.133 e. The van der Waals surface area contributed by atoms with Gasteiger partial charge in [0.2, 0.25) is 0 Å². The minimum Gasteiger partial charge on any atom is -0.327 e. The van der Waals surface area contributed by atoms with E-state index in [0.717, 1.165) is 30.6 Å². The van der Waals surface area contributed by atoms with Crippen molar-refractivity contribution in [2.24, 2.45) is 40.2 Å². The highest BCUT2D eigenvalue weighted by atomic mass is 16.1. The van der Waals surface area contributed by atoms with Crippen molar-refractivity contribution in [3.63, 3.8) is 0 Å². The zero-order valence-corrected chi connectivity index (χ0v) is 15.1. The Morgan fingerprint density at radius 3 is 2.65 bits per heavy atom. The van der Waals surface area contributed by atoms with E-state index >= 15 is 0 Å². The van der Waals surface area contributed by atoms with E-state index in [4.69, 9.17) is 5.73 Å². The monoisotopic (exact) mass is 315 g/mol. The second kappa shape index (κ2) is 5.18. The molecule has 23 heavy (non-hydrogen) atoms. The maximum absolute atomic E-state index is 12.2. The molecule has 7 atom stereocenters. The Bertz CT molecular complexity index is 552. The lowest BCUT2D eigenvalue weighted by molar-refractivity contribution is -0.127. The molecule has 4 aliphatic rings. The summed E-state index contributed by atoms with van der Waals surface area (Å²) < 4.78 is 0. The van der Waals surface area contributed by atoms with E-state index in [1.807, 2.05) is 6.92 Å². The number of rotatable bonds is 1. The average Bonchev–Trinajstić information content (AvgIpc) is 2.85. The minimum atomic E-state index is 0.278. The van der Waals surface area contributed by atoms with Crippen LogP contribution in [0.15, 0.2) is 11.6 Å². The lowest BCUT2D eigenvalue weighted by atomic mass is 9.47. The first kappa shape index (κ1) is 15.9. The topological polar surface area (TPSA) is 43.1 Å². The second-order valence-electron chi connectivity index (χ2n) is 9.55. The van der Waals surface area contributed by atoms with Gasteiger partial charge in [-0.15, -0.1) is 0 Å². The highest BCUT2D eigenvalue weighted by molar-refractivity contribution is 5.79. The van der Waals surface area contributed by atoms with Gasteiger partial charge in [0, 0.05) is 12.0 Å². The minimum absolute atomic E-state index is 0.278. The van der Waals surface area contributed by atoms with Gasteiger partial charge in [0.05, 0.1) is 0 Å². The van der Waals surface area contributed by atoms with Crippen LogP contribution >= 0.6 is 0 Å². The van der Waals surface area contributed by atoms with E-state index in [2.05, 4.69) is 19.9 Å². The molecular weight excluding hydrogens is 282 g/mol. The van der Waals surface area contributed by atoms with Gasteiger partial charge in [0.25, 0.3) is 0 Å². The molecule has 4 aliphatic carbocycles. The van der Waals surface area contributed by atoms with E-state index in [-0.39, 0.29) is 5.41 Å². The fourth-order valence-corrected chi connectivity index (χ4v) is 7.36. The maximum atomic E-state index is 12.2. The van der Waals surface area contributed by atoms with Crippen molar-refractivity contribution in [1.82, 2.24) is 0 Å². The van der Waals surface area contributed by atoms with Gasteiger partial charge in [-0.25, -0.2) is 0 Å². The molecule has 0 saturated heterocycles. The molecule has 2 N–H and O–H groups in total. The Morgan fingerprint density at radius 1 is 1.13 bits per heavy atom. The van der Waals surface area contributed by atoms with E-state index in [0.29, 0.717) is 23.2 Å². The van der Waals surface area contributed by atoms with E-state index in [1.54, 1.807) is 5.57 Å². The van der Waals surface area contributed by atoms with Gasteiger partial charge in [-0.05, 0) is 86.9 Å². The van der Waals surface area contributed by atoms with Crippen LogP contribution in [-0.2, 0) is 4.79 Å². The standard InChI is InChI=1S/C21H33NO/c1-13(23)17-6-7-18-16-5-4-14-12-15(22)8-10-20(14,2)19(16)9-11-21(17,18)3/h4,15-19H,5-12,22H2,1-3H3/t15?,16?,17?,18?,19?,20-,21?/m0/s1. The Morgan fingerprint density at radius 2 is 1.91 bits per heavy atom. The van der Waals surface area contributed by atoms with Gasteiger partial charge in [-0.3, -0.25) is 4.79 Å². The highest BCUT2D eigenvalue weighted by Gasteiger charge is 2.59. The van der Waals surface area contributed by atoms with Gasteiger partial charge in [-0.1, -0.05) is 25.5 Å². The Balaban J connectivity index is 1.66. The summed E-state index contributed by atoms with van der Waals surface area (Å²) in [5, 5.41) is 0. The number of allylic oxidation sites excluding steroid dienone is 1. The van der Waals surface area contributed by atoms with Crippen LogP contribution in [0.25, 0.3) is 0 Å². The summed E-state index contributed by atoms with van der Waals surface area (Å²) in [5.41, 5.74) is 8.59. The van der Waals surface area contributed by atoms with Gasteiger partial charge in [-0.2, -0.15) is 0 Å². The molecule has 0 aromatic heterocycles. The molecule has 0 bridgehead atoms. The molecule has 0 aliphatic heterocycles. The van der Waals surface area contributed by atoms with Gasteiger partial charge in [0.15, 0.2) is 0 Å². The summed E-state index contributed by atoms with van der Waals surface area (Å²) in [7, 11) is 0. The van der Waals surface area contributed by atoms with Gasteiger partial charge < -0.3 is 5.73 Å². The summed E-state index contributed by atoms with van der Waals surface area (Å²) >= 11 is 0. The van der Waals surface area contributed by atoms with Crippen LogP contribution in [0.5, 0.6) is 0 Å². The summed E-state index contributed by atoms with van der Waals surface area (Å²) in [4.78, 5) is 12.2. The molecule has 0 spiro atoms. The predicted octanol–water partition coefficient (Wildman–Crippen LogP) is 4.48. The zero-order valence-electron chi connectivity index (χ0n) is 15.1. The number of carbonyl (C=O) groups is 1. The van der Waals surface area contributed by atoms with Crippen molar-refractivity contribution < 1.29 is 4.79 Å². The molecule has 3 saturated carbocycles. The van der Waals surface area contributed by atoms with E-state index in [9.17, 15) is 4.79 Å². The normalized spacial score (nSPS) is 52.2. The molecule has 3 fully saturated rings. The fraction of sp³-hybridized carbons (Fsp3) is 0.857. The Hall–Kier alpha value is -0.630. The van der Waals surface area contributed by atoms with Crippen LogP contribution in [0.4, 0.5) is 0 Å². The second-order valence-corrected chi connectivity index (χ2v) is 9.55. The number of ketones is 1. The molecule has 0 aromatic rings. The summed E-state index contributed by atoms with van der Waals surface area (Å²) in [6.07, 6.45) is 12.4. The molecule has 2 heteroatoms. The van der Waals surface area contributed by atoms with Crippen molar-refractivity contribution in [3.8, 4) is 0 Å². The summed E-state index contributed by atoms with van der Waals surface area (Å²) in [6.45, 7) is 6.79. The van der Waals surface area contributed by atoms with Crippen LogP contribution < -0.4 is 5.73 Å². The van der Waals surface area contributed by atoms with Crippen LogP contribution in [-0.4, -0.2) is 11.8 Å². The van der Waals surface area contributed by atoms with Crippen LogP contribution in [0.1, 0.15) is 72.1 Å². The van der Waals surface area contributed by atoms with Crippen molar-refractivity contribution in [1.29, 1.82) is 0 Å². The molecule has 4 rings (SSSR count). The third-order valence-corrected chi connectivity index (χ3v) is 8.63. The van der Waals surface area contributed by atoms with E-state index in [1.165, 1.54) is 38.5 Å². The van der Waals surface area contributed by atoms with Gasteiger partial charge >= 0.3 is 0 Å². The van der Waals surface area contributed by atoms with Gasteiger partial charge in [0.1, 0.15) is 5.78 Å². The SMILES string of the molecule is CC(=O)C1CCC2C3CC=C4CC(N)CC[C@]4(C)C3CCC12C. The number of fused-ring (bicyclic) bond motifs is 5. The number of carbonyl (C=O) groups excluding carboxylic acids is 1. The Labute approximate surface area is 141 Å². The molecule has 128 valence electrons. The number of Topliss-reactive ketones (excluding diaryl/α,β-unsaturated/α-hetero) is 1. The number of nitrogens with two attached hydrogens (primary N) is 1. The zero-order chi connectivity index (χ0) is 16.4. The number of hydrogen-bond acceptors (Lipinski definition) is 2. The first-order valence-electron chi connectivity index (χ1n) is 9.82. The van der Waals surface area contributed by atoms with Crippen molar-refractivity contribution >= 4 is 5.78 Å². The van der Waals surface area contributed by atoms with Crippen LogP contribution in [0.2, 0.25) is 0 Å². The largest absolute Gasteiger partial charge is 0.327 e. The van der Waals surface area contributed by atoms with Crippen molar-refractivity contribution in [2.75, 3.05) is 0 Å². The van der Waals surface area contributed by atoms with Crippen molar-refractivity contribution in [2.45, 2.75) is 78.2 Å². The Kier molecular flexibility index (Phi) is 3.58. The lowest BCUT2D eigenvalue weighted by Gasteiger charge is -2.58. The number of hydrogen-bond donors (Lipinski definition) is 1. The fourth-order valence-electron chi connectivity index (χ4n) is 7.36. The molecular formula is C21H33NO. The molecule has 0 aromatic carbocycles. The first-order chi connectivity index (χ1) is 10.9. The quantitative estimate of drug-likeness (QED) is 0.725. The van der Waals surface area contributed by atoms with E-state index < -0.39 is 0 Å². The average molecular weight is 316 g/mol. The van der Waals surface area contributed by atoms with Crippen molar-refractivity contribution in [3.05, 3.63) is 11.6 Å². The first-order valence-corrected chi connectivity index (χ1v) is 9.82. The molecule has 6 unspecified atom stereocenters. The lowest BCUT2D eigenvalue weighted by Crippen LogP contribution is -2.51.